The molecule has 146 valence electrons. The molecule has 1 aliphatic rings. The van der Waals surface area contributed by atoms with E-state index in [-0.39, 0.29) is 12.4 Å². The Hall–Kier alpha value is -2.52. The lowest BCUT2D eigenvalue weighted by atomic mass is 10.2. The maximum Gasteiger partial charge on any atom is 0.306 e. The van der Waals surface area contributed by atoms with Crippen molar-refractivity contribution in [2.75, 3.05) is 36.5 Å². The lowest BCUT2D eigenvalue weighted by Gasteiger charge is -2.28. The van der Waals surface area contributed by atoms with E-state index in [0.29, 0.717) is 24.8 Å². The molecule has 1 aliphatic heterocycles. The van der Waals surface area contributed by atoms with E-state index in [9.17, 15) is 14.5 Å². The van der Waals surface area contributed by atoms with Crippen molar-refractivity contribution in [3.63, 3.8) is 0 Å². The third-order valence-corrected chi connectivity index (χ3v) is 4.01. The van der Waals surface area contributed by atoms with Crippen LogP contribution < -0.4 is 10.2 Å². The number of aromatic nitrogens is 2. The lowest BCUT2D eigenvalue weighted by Crippen LogP contribution is -2.37. The van der Waals surface area contributed by atoms with Crippen molar-refractivity contribution in [3.05, 3.63) is 45.9 Å². The summed E-state index contributed by atoms with van der Waals surface area (Å²) in [5.74, 6) is 0.236. The number of rotatable bonds is 6. The molecule has 0 bridgehead atoms. The maximum atomic E-state index is 13.5. The summed E-state index contributed by atoms with van der Waals surface area (Å²) >= 11 is 0. The Labute approximate surface area is 162 Å². The lowest BCUT2D eigenvalue weighted by molar-refractivity contribution is -0.387. The molecule has 0 aliphatic carbocycles. The van der Waals surface area contributed by atoms with Gasteiger partial charge in [0.2, 0.25) is 11.8 Å². The van der Waals surface area contributed by atoms with Gasteiger partial charge in [0.05, 0.1) is 18.1 Å². The van der Waals surface area contributed by atoms with E-state index in [1.807, 2.05) is 6.07 Å². The molecule has 2 heterocycles. The van der Waals surface area contributed by atoms with E-state index in [4.69, 9.17) is 4.74 Å². The zero-order valence-corrected chi connectivity index (χ0v) is 15.7. The first-order valence-electron chi connectivity index (χ1n) is 8.48. The highest BCUT2D eigenvalue weighted by Gasteiger charge is 2.17. The molecule has 1 aromatic carbocycles. The van der Waals surface area contributed by atoms with E-state index >= 15 is 0 Å². The molecule has 0 saturated carbocycles. The van der Waals surface area contributed by atoms with Crippen molar-refractivity contribution in [2.24, 2.45) is 0 Å². The number of nitro groups is 1. The first kappa shape index (κ1) is 20.8. The summed E-state index contributed by atoms with van der Waals surface area (Å²) in [5.41, 5.74) is 0.649. The average molecular weight is 398 g/mol. The summed E-state index contributed by atoms with van der Waals surface area (Å²) in [4.78, 5) is 21.3. The van der Waals surface area contributed by atoms with Gasteiger partial charge in [-0.05, 0) is 18.6 Å². The highest BCUT2D eigenvalue weighted by Crippen LogP contribution is 2.25. The van der Waals surface area contributed by atoms with Gasteiger partial charge in [-0.25, -0.2) is 4.98 Å². The van der Waals surface area contributed by atoms with Gasteiger partial charge in [-0.1, -0.05) is 13.3 Å². The number of benzene rings is 1. The number of nitrogens with one attached hydrogen (secondary N) is 1. The van der Waals surface area contributed by atoms with Crippen molar-refractivity contribution in [1.82, 2.24) is 9.97 Å². The van der Waals surface area contributed by atoms with Crippen molar-refractivity contribution < 1.29 is 14.1 Å². The van der Waals surface area contributed by atoms with Gasteiger partial charge in [-0.15, -0.1) is 12.4 Å². The predicted octanol–water partition coefficient (Wildman–Crippen LogP) is 3.48. The number of hydrogen-bond donors (Lipinski definition) is 1. The number of anilines is 3. The zero-order chi connectivity index (χ0) is 18.5. The largest absolute Gasteiger partial charge is 0.378 e. The normalized spacial score (nSPS) is 13.8. The van der Waals surface area contributed by atoms with Crippen LogP contribution in [0.4, 0.5) is 27.5 Å². The van der Waals surface area contributed by atoms with Gasteiger partial charge in [0.1, 0.15) is 5.82 Å². The first-order valence-corrected chi connectivity index (χ1v) is 8.48. The second kappa shape index (κ2) is 9.43. The van der Waals surface area contributed by atoms with Crippen molar-refractivity contribution in [3.8, 4) is 0 Å². The van der Waals surface area contributed by atoms with Crippen LogP contribution in [0.15, 0.2) is 24.3 Å². The molecule has 0 spiro atoms. The van der Waals surface area contributed by atoms with E-state index in [1.165, 1.54) is 6.07 Å². The van der Waals surface area contributed by atoms with Gasteiger partial charge in [0, 0.05) is 36.6 Å². The van der Waals surface area contributed by atoms with Crippen LogP contribution in [0.5, 0.6) is 0 Å². The fourth-order valence-electron chi connectivity index (χ4n) is 2.74. The number of morpholine rings is 1. The maximum absolute atomic E-state index is 13.5. The molecular formula is C17H21ClFN5O3. The fourth-order valence-corrected chi connectivity index (χ4v) is 2.74. The molecule has 1 fully saturated rings. The minimum atomic E-state index is -0.879. The standard InChI is InChI=1S/C17H20FN5O3.ClH/c1-2-3-12-11-16(22-6-8-26-9-7-22)21-17(19-12)20-13-4-5-14(18)15(10-13)23(24)25;/h4-5,10-11H,2-3,6-9H2,1H3,(H,19,20,21);1H. The Morgan fingerprint density at radius 1 is 1.30 bits per heavy atom. The second-order valence-electron chi connectivity index (χ2n) is 5.94. The Balaban J connectivity index is 0.00000261. The molecule has 0 amide bonds. The number of nitro benzene ring substituents is 1. The molecule has 0 atom stereocenters. The summed E-state index contributed by atoms with van der Waals surface area (Å²) in [5, 5.41) is 13.9. The second-order valence-corrected chi connectivity index (χ2v) is 5.94. The first-order chi connectivity index (χ1) is 12.6. The smallest absolute Gasteiger partial charge is 0.306 e. The predicted molar refractivity (Wildman–Crippen MR) is 103 cm³/mol. The average Bonchev–Trinajstić information content (AvgIpc) is 2.64. The van der Waals surface area contributed by atoms with Crippen LogP contribution in [0.2, 0.25) is 0 Å². The summed E-state index contributed by atoms with van der Waals surface area (Å²) in [6.07, 6.45) is 1.72. The summed E-state index contributed by atoms with van der Waals surface area (Å²) in [7, 11) is 0. The van der Waals surface area contributed by atoms with Crippen LogP contribution >= 0.6 is 12.4 Å². The molecule has 1 aromatic heterocycles. The van der Waals surface area contributed by atoms with Gasteiger partial charge in [0.15, 0.2) is 0 Å². The number of ether oxygens (including phenoxy) is 1. The quantitative estimate of drug-likeness (QED) is 0.589. The SMILES string of the molecule is CCCc1cc(N2CCOCC2)nc(Nc2ccc(F)c([N+](=O)[O-])c2)n1.Cl. The molecule has 27 heavy (non-hydrogen) atoms. The number of nitrogens with zero attached hydrogens (tertiary/aromatic N) is 4. The Morgan fingerprint density at radius 2 is 2.04 bits per heavy atom. The summed E-state index contributed by atoms with van der Waals surface area (Å²) in [6.45, 7) is 4.82. The molecule has 0 radical (unpaired) electrons. The van der Waals surface area contributed by atoms with E-state index in [2.05, 4.69) is 27.1 Å². The number of hydrogen-bond acceptors (Lipinski definition) is 7. The van der Waals surface area contributed by atoms with Crippen LogP contribution in [-0.2, 0) is 11.2 Å². The third-order valence-electron chi connectivity index (χ3n) is 4.01. The van der Waals surface area contributed by atoms with Crippen LogP contribution in [0.1, 0.15) is 19.0 Å². The van der Waals surface area contributed by atoms with Gasteiger partial charge < -0.3 is 15.0 Å². The molecular weight excluding hydrogens is 377 g/mol. The van der Waals surface area contributed by atoms with Crippen molar-refractivity contribution in [1.29, 1.82) is 0 Å². The minimum absolute atomic E-state index is 0. The van der Waals surface area contributed by atoms with Crippen LogP contribution in [0, 0.1) is 15.9 Å². The number of halogens is 2. The fraction of sp³-hybridized carbons (Fsp3) is 0.412. The molecule has 2 aromatic rings. The number of aryl methyl sites for hydroxylation is 1. The van der Waals surface area contributed by atoms with E-state index in [0.717, 1.165) is 49.6 Å². The van der Waals surface area contributed by atoms with Crippen molar-refractivity contribution in [2.45, 2.75) is 19.8 Å². The van der Waals surface area contributed by atoms with Gasteiger partial charge in [-0.2, -0.15) is 9.37 Å². The monoisotopic (exact) mass is 397 g/mol. The Kier molecular flexibility index (Phi) is 7.26. The molecule has 0 unspecified atom stereocenters. The van der Waals surface area contributed by atoms with Gasteiger partial charge in [0.25, 0.3) is 0 Å². The van der Waals surface area contributed by atoms with Gasteiger partial charge >= 0.3 is 5.69 Å². The molecule has 8 nitrogen and oxygen atoms in total. The summed E-state index contributed by atoms with van der Waals surface area (Å²) < 4.78 is 18.9. The molecule has 3 rings (SSSR count). The zero-order valence-electron chi connectivity index (χ0n) is 14.9. The van der Waals surface area contributed by atoms with Crippen LogP contribution in [0.25, 0.3) is 0 Å². The molecule has 1 N–H and O–H groups in total. The topological polar surface area (TPSA) is 93.4 Å². The van der Waals surface area contributed by atoms with Crippen LogP contribution in [-0.4, -0.2) is 41.2 Å². The highest BCUT2D eigenvalue weighted by atomic mass is 35.5. The Morgan fingerprint density at radius 3 is 2.70 bits per heavy atom. The van der Waals surface area contributed by atoms with Crippen LogP contribution in [0.3, 0.4) is 0 Å². The highest BCUT2D eigenvalue weighted by molar-refractivity contribution is 5.85. The molecule has 10 heteroatoms. The van der Waals surface area contributed by atoms with E-state index in [1.54, 1.807) is 0 Å². The third kappa shape index (κ3) is 5.24. The summed E-state index contributed by atoms with van der Waals surface area (Å²) in [6, 6.07) is 5.57. The Bertz CT molecular complexity index is 802. The van der Waals surface area contributed by atoms with E-state index < -0.39 is 16.4 Å². The minimum Gasteiger partial charge on any atom is -0.378 e. The van der Waals surface area contributed by atoms with Gasteiger partial charge in [-0.3, -0.25) is 10.1 Å². The molecule has 1 saturated heterocycles. The van der Waals surface area contributed by atoms with Crippen molar-refractivity contribution >= 4 is 35.5 Å².